The van der Waals surface area contributed by atoms with E-state index in [0.29, 0.717) is 6.42 Å². The Morgan fingerprint density at radius 3 is 2.97 bits per heavy atom. The van der Waals surface area contributed by atoms with Crippen LogP contribution >= 0.6 is 0 Å². The van der Waals surface area contributed by atoms with Gasteiger partial charge < -0.3 is 16.5 Å². The summed E-state index contributed by atoms with van der Waals surface area (Å²) in [5, 5.41) is 15.1. The van der Waals surface area contributed by atoms with Gasteiger partial charge in [-0.15, -0.1) is 5.53 Å². The van der Waals surface area contributed by atoms with Crippen LogP contribution in [0.2, 0.25) is 0 Å². The van der Waals surface area contributed by atoms with Gasteiger partial charge in [-0.05, 0) is 42.2 Å². The summed E-state index contributed by atoms with van der Waals surface area (Å²) in [4.78, 5) is 4.14. The van der Waals surface area contributed by atoms with Crippen molar-refractivity contribution < 1.29 is 0 Å². The Hall–Kier alpha value is -3.76. The SMILES string of the molecule is CN=CC(=CN)c1ccc2c(c1)C(Nc1ccccc1CC#N)CCN1NNC(C)=C21. The van der Waals surface area contributed by atoms with E-state index >= 15 is 0 Å². The highest BCUT2D eigenvalue weighted by Crippen LogP contribution is 2.38. The monoisotopic (exact) mass is 413 g/mol. The number of hydrogen-bond acceptors (Lipinski definition) is 7. The van der Waals surface area contributed by atoms with Gasteiger partial charge in [0.15, 0.2) is 0 Å². The van der Waals surface area contributed by atoms with Gasteiger partial charge in [0, 0.05) is 42.8 Å². The zero-order valence-corrected chi connectivity index (χ0v) is 17.8. The lowest BCUT2D eigenvalue weighted by molar-refractivity contribution is 0.281. The van der Waals surface area contributed by atoms with Crippen LogP contribution < -0.4 is 22.0 Å². The molecule has 1 atom stereocenters. The second-order valence-electron chi connectivity index (χ2n) is 7.65. The number of para-hydroxylation sites is 1. The summed E-state index contributed by atoms with van der Waals surface area (Å²) in [6.45, 7) is 2.91. The summed E-state index contributed by atoms with van der Waals surface area (Å²) >= 11 is 0. The summed E-state index contributed by atoms with van der Waals surface area (Å²) in [6.07, 6.45) is 4.62. The first-order valence-corrected chi connectivity index (χ1v) is 10.4. The van der Waals surface area contributed by atoms with Crippen LogP contribution in [0.5, 0.6) is 0 Å². The molecule has 7 nitrogen and oxygen atoms in total. The summed E-state index contributed by atoms with van der Waals surface area (Å²) in [7, 11) is 1.74. The number of nitriles is 1. The standard InChI is InChI=1S/C24H27N7/c1-16-24-20-8-7-18(19(14-26)15-27-2)13-21(20)23(10-12-31(24)30-29-16)28-22-6-4-3-5-17(22)9-11-25/h3-8,13-15,23,28-30H,9-10,12,26H2,1-2H3. The molecule has 4 rings (SSSR count). The lowest BCUT2D eigenvalue weighted by atomic mass is 9.92. The third-order valence-electron chi connectivity index (χ3n) is 5.72. The maximum absolute atomic E-state index is 9.23. The first kappa shape index (κ1) is 20.5. The fourth-order valence-electron chi connectivity index (χ4n) is 4.23. The molecule has 1 unspecified atom stereocenters. The van der Waals surface area contributed by atoms with Crippen LogP contribution in [-0.2, 0) is 6.42 Å². The third kappa shape index (κ3) is 3.98. The Kier molecular flexibility index (Phi) is 5.92. The van der Waals surface area contributed by atoms with Gasteiger partial charge in [0.05, 0.1) is 29.9 Å². The minimum absolute atomic E-state index is 0.0695. The lowest BCUT2D eigenvalue weighted by Crippen LogP contribution is -2.38. The number of hydrogen-bond donors (Lipinski definition) is 4. The fraction of sp³-hybridized carbons (Fsp3) is 0.250. The van der Waals surface area contributed by atoms with Crippen molar-refractivity contribution in [2.45, 2.75) is 25.8 Å². The second-order valence-corrected chi connectivity index (χ2v) is 7.65. The first-order chi connectivity index (χ1) is 15.2. The molecule has 5 N–H and O–H groups in total. The molecule has 0 radical (unpaired) electrons. The zero-order valence-electron chi connectivity index (χ0n) is 17.8. The maximum Gasteiger partial charge on any atom is 0.0814 e. The molecule has 2 aliphatic heterocycles. The highest BCUT2D eigenvalue weighted by molar-refractivity contribution is 6.09. The molecule has 0 saturated heterocycles. The highest BCUT2D eigenvalue weighted by Gasteiger charge is 2.30. The van der Waals surface area contributed by atoms with Crippen LogP contribution in [0.15, 0.2) is 59.4 Å². The Balaban J connectivity index is 1.82. The van der Waals surface area contributed by atoms with Gasteiger partial charge in [0.1, 0.15) is 0 Å². The van der Waals surface area contributed by atoms with Gasteiger partial charge >= 0.3 is 0 Å². The van der Waals surface area contributed by atoms with E-state index in [1.165, 1.54) is 5.56 Å². The normalized spacial score (nSPS) is 18.3. The number of aliphatic imine (C=N–C) groups is 1. The van der Waals surface area contributed by atoms with Crippen LogP contribution in [0.3, 0.4) is 0 Å². The molecule has 7 heteroatoms. The number of allylic oxidation sites excluding steroid dienone is 2. The Labute approximate surface area is 182 Å². The summed E-state index contributed by atoms with van der Waals surface area (Å²) in [6, 6.07) is 16.8. The smallest absolute Gasteiger partial charge is 0.0814 e. The molecule has 0 saturated carbocycles. The van der Waals surface area contributed by atoms with Gasteiger partial charge in [-0.25, -0.2) is 0 Å². The van der Waals surface area contributed by atoms with Gasteiger partial charge in [0.25, 0.3) is 0 Å². The van der Waals surface area contributed by atoms with Crippen molar-refractivity contribution in [1.29, 1.82) is 5.26 Å². The van der Waals surface area contributed by atoms with E-state index in [9.17, 15) is 5.26 Å². The molecule has 0 fully saturated rings. The lowest BCUT2D eigenvalue weighted by Gasteiger charge is -2.23. The van der Waals surface area contributed by atoms with E-state index in [0.717, 1.165) is 52.3 Å². The van der Waals surface area contributed by atoms with Crippen LogP contribution in [0, 0.1) is 11.3 Å². The van der Waals surface area contributed by atoms with Crippen molar-refractivity contribution >= 4 is 23.2 Å². The van der Waals surface area contributed by atoms with Crippen molar-refractivity contribution in [1.82, 2.24) is 16.0 Å². The van der Waals surface area contributed by atoms with E-state index in [1.54, 1.807) is 19.5 Å². The number of nitrogens with two attached hydrogens (primary N) is 1. The van der Waals surface area contributed by atoms with Crippen LogP contribution in [0.1, 0.15) is 41.6 Å². The molecule has 158 valence electrons. The van der Waals surface area contributed by atoms with Crippen molar-refractivity contribution in [2.75, 3.05) is 18.9 Å². The molecular formula is C24H27N7. The number of rotatable bonds is 5. The molecule has 0 amide bonds. The van der Waals surface area contributed by atoms with E-state index in [4.69, 9.17) is 5.73 Å². The van der Waals surface area contributed by atoms with Crippen molar-refractivity contribution in [3.05, 3.63) is 76.6 Å². The van der Waals surface area contributed by atoms with E-state index in [2.05, 4.69) is 57.5 Å². The predicted octanol–water partition coefficient (Wildman–Crippen LogP) is 3.32. The van der Waals surface area contributed by atoms with Crippen molar-refractivity contribution in [3.63, 3.8) is 0 Å². The number of anilines is 1. The molecule has 0 aromatic heterocycles. The van der Waals surface area contributed by atoms with Crippen LogP contribution in [0.25, 0.3) is 11.3 Å². The molecule has 0 bridgehead atoms. The highest BCUT2D eigenvalue weighted by atomic mass is 15.7. The molecule has 0 spiro atoms. The fourth-order valence-corrected chi connectivity index (χ4v) is 4.23. The predicted molar refractivity (Wildman–Crippen MR) is 125 cm³/mol. The van der Waals surface area contributed by atoms with Gasteiger partial charge in [0.2, 0.25) is 0 Å². The van der Waals surface area contributed by atoms with Gasteiger partial charge in [-0.3, -0.25) is 10.0 Å². The first-order valence-electron chi connectivity index (χ1n) is 10.4. The number of nitrogens with one attached hydrogen (secondary N) is 3. The van der Waals surface area contributed by atoms with E-state index in [1.807, 2.05) is 24.3 Å². The summed E-state index contributed by atoms with van der Waals surface area (Å²) in [5.41, 5.74) is 20.9. The summed E-state index contributed by atoms with van der Waals surface area (Å²) < 4.78 is 0. The molecule has 2 aromatic carbocycles. The summed E-state index contributed by atoms with van der Waals surface area (Å²) in [5.74, 6) is 0. The number of hydrazine groups is 2. The largest absolute Gasteiger partial charge is 0.404 e. The van der Waals surface area contributed by atoms with Crippen molar-refractivity contribution in [2.24, 2.45) is 10.7 Å². The second kappa shape index (κ2) is 8.94. The van der Waals surface area contributed by atoms with Crippen molar-refractivity contribution in [3.8, 4) is 6.07 Å². The molecule has 2 aliphatic rings. The number of benzene rings is 2. The Morgan fingerprint density at radius 1 is 1.35 bits per heavy atom. The average Bonchev–Trinajstić information content (AvgIpc) is 3.08. The molecule has 2 aromatic rings. The Bertz CT molecular complexity index is 1110. The number of fused-ring (bicyclic) bond motifs is 3. The van der Waals surface area contributed by atoms with E-state index in [-0.39, 0.29) is 6.04 Å². The van der Waals surface area contributed by atoms with Crippen LogP contribution in [-0.4, -0.2) is 24.8 Å². The van der Waals surface area contributed by atoms with E-state index < -0.39 is 0 Å². The minimum atomic E-state index is 0.0695. The van der Waals surface area contributed by atoms with Gasteiger partial charge in [-0.1, -0.05) is 30.3 Å². The zero-order chi connectivity index (χ0) is 21.8. The van der Waals surface area contributed by atoms with Crippen LogP contribution in [0.4, 0.5) is 5.69 Å². The minimum Gasteiger partial charge on any atom is -0.404 e. The van der Waals surface area contributed by atoms with Gasteiger partial charge in [-0.2, -0.15) is 5.26 Å². The average molecular weight is 414 g/mol. The number of nitrogens with zero attached hydrogens (tertiary/aromatic N) is 3. The topological polar surface area (TPSA) is 101 Å². The molecule has 2 heterocycles. The Morgan fingerprint density at radius 2 is 2.19 bits per heavy atom. The third-order valence-corrected chi connectivity index (χ3v) is 5.72. The quantitative estimate of drug-likeness (QED) is 0.561. The molecule has 31 heavy (non-hydrogen) atoms. The molecule has 0 aliphatic carbocycles. The maximum atomic E-state index is 9.23. The molecular weight excluding hydrogens is 386 g/mol.